The molecule has 4 rings (SSSR count). The van der Waals surface area contributed by atoms with Crippen LogP contribution >= 0.6 is 0 Å². The molecule has 2 fully saturated rings. The van der Waals surface area contributed by atoms with Gasteiger partial charge in [-0.3, -0.25) is 14.5 Å². The highest BCUT2D eigenvalue weighted by atomic mass is 16.5. The summed E-state index contributed by atoms with van der Waals surface area (Å²) in [7, 11) is 0. The van der Waals surface area contributed by atoms with Crippen LogP contribution in [0.2, 0.25) is 0 Å². The van der Waals surface area contributed by atoms with E-state index < -0.39 is 17.4 Å². The summed E-state index contributed by atoms with van der Waals surface area (Å²) in [6.07, 6.45) is 1.34. The van der Waals surface area contributed by atoms with Gasteiger partial charge in [0, 0.05) is 13.1 Å². The van der Waals surface area contributed by atoms with Crippen molar-refractivity contribution >= 4 is 23.5 Å². The summed E-state index contributed by atoms with van der Waals surface area (Å²) >= 11 is 0. The zero-order valence-corrected chi connectivity index (χ0v) is 18.0. The molecule has 0 aliphatic carbocycles. The second-order valence-corrected chi connectivity index (χ2v) is 8.15. The van der Waals surface area contributed by atoms with Crippen LogP contribution in [-0.4, -0.2) is 48.4 Å². The van der Waals surface area contributed by atoms with Crippen LogP contribution in [0, 0.1) is 11.3 Å². The summed E-state index contributed by atoms with van der Waals surface area (Å²) in [5.41, 5.74) is 1.25. The van der Waals surface area contributed by atoms with Gasteiger partial charge in [-0.2, -0.15) is 5.26 Å². The van der Waals surface area contributed by atoms with Crippen molar-refractivity contribution in [1.29, 1.82) is 5.26 Å². The summed E-state index contributed by atoms with van der Waals surface area (Å²) in [5, 5.41) is 9.90. The molecule has 1 atom stereocenters. The normalized spacial score (nSPS) is 20.8. The van der Waals surface area contributed by atoms with Crippen molar-refractivity contribution in [3.63, 3.8) is 0 Å². The highest BCUT2D eigenvalue weighted by Crippen LogP contribution is 2.37. The third-order valence-electron chi connectivity index (χ3n) is 6.39. The van der Waals surface area contributed by atoms with Crippen molar-refractivity contribution in [2.45, 2.75) is 37.6 Å². The van der Waals surface area contributed by atoms with Crippen LogP contribution in [0.3, 0.4) is 0 Å². The summed E-state index contributed by atoms with van der Waals surface area (Å²) in [5.74, 6) is -0.962. The van der Waals surface area contributed by atoms with Crippen LogP contribution in [-0.2, 0) is 19.7 Å². The van der Waals surface area contributed by atoms with E-state index >= 15 is 0 Å². The van der Waals surface area contributed by atoms with E-state index in [0.717, 1.165) is 5.56 Å². The highest BCUT2D eigenvalue weighted by Gasteiger charge is 2.46. The van der Waals surface area contributed by atoms with Crippen LogP contribution in [0.15, 0.2) is 54.6 Å². The number of nitriles is 1. The number of piperidine rings is 1. The first-order chi connectivity index (χ1) is 15.5. The molecule has 0 unspecified atom stereocenters. The minimum Gasteiger partial charge on any atom is -0.462 e. The van der Waals surface area contributed by atoms with Crippen molar-refractivity contribution in [2.75, 3.05) is 24.6 Å². The Labute approximate surface area is 187 Å². The summed E-state index contributed by atoms with van der Waals surface area (Å²) in [6.45, 7) is 3.15. The quantitative estimate of drug-likeness (QED) is 0.534. The van der Waals surface area contributed by atoms with Crippen molar-refractivity contribution in [3.8, 4) is 6.07 Å². The molecule has 2 aromatic rings. The van der Waals surface area contributed by atoms with E-state index in [0.29, 0.717) is 37.2 Å². The van der Waals surface area contributed by atoms with Crippen LogP contribution in [0.1, 0.15) is 42.1 Å². The Morgan fingerprint density at radius 3 is 2.34 bits per heavy atom. The standard InChI is InChI=1S/C25H25N3O4/c1-2-32-24(31)18-8-10-20(11-9-18)28-22(29)16-21(23(28)30)27-14-12-25(17-26,13-15-27)19-6-4-3-5-7-19/h3-11,21H,2,12-16H2,1H3/t21-/m1/s1. The topological polar surface area (TPSA) is 90.7 Å². The van der Waals surface area contributed by atoms with Crippen LogP contribution in [0.5, 0.6) is 0 Å². The van der Waals surface area contributed by atoms with E-state index in [1.807, 2.05) is 35.2 Å². The van der Waals surface area contributed by atoms with E-state index in [9.17, 15) is 19.6 Å². The van der Waals surface area contributed by atoms with E-state index in [-0.39, 0.29) is 24.8 Å². The number of carbonyl (C=O) groups excluding carboxylic acids is 3. The Kier molecular flexibility index (Phi) is 6.06. The lowest BCUT2D eigenvalue weighted by molar-refractivity contribution is -0.123. The number of carbonyl (C=O) groups is 3. The highest BCUT2D eigenvalue weighted by molar-refractivity contribution is 6.22. The van der Waals surface area contributed by atoms with E-state index in [1.54, 1.807) is 31.2 Å². The number of likely N-dealkylation sites (tertiary alicyclic amines) is 1. The molecule has 0 aromatic heterocycles. The maximum Gasteiger partial charge on any atom is 0.338 e. The molecule has 0 spiro atoms. The van der Waals surface area contributed by atoms with Gasteiger partial charge in [-0.25, -0.2) is 9.69 Å². The van der Waals surface area contributed by atoms with Gasteiger partial charge in [0.1, 0.15) is 0 Å². The Morgan fingerprint density at radius 2 is 1.75 bits per heavy atom. The van der Waals surface area contributed by atoms with Gasteiger partial charge in [-0.15, -0.1) is 0 Å². The fourth-order valence-electron chi connectivity index (χ4n) is 4.57. The van der Waals surface area contributed by atoms with Gasteiger partial charge >= 0.3 is 5.97 Å². The zero-order chi connectivity index (χ0) is 22.7. The third kappa shape index (κ3) is 3.90. The molecule has 2 amide bonds. The number of nitrogens with zero attached hydrogens (tertiary/aromatic N) is 3. The first-order valence-corrected chi connectivity index (χ1v) is 10.8. The molecule has 164 valence electrons. The Bertz CT molecular complexity index is 1050. The first kappa shape index (κ1) is 21.7. The minimum atomic E-state index is -0.563. The maximum absolute atomic E-state index is 13.1. The lowest BCUT2D eigenvalue weighted by atomic mass is 9.74. The molecule has 2 saturated heterocycles. The Hall–Kier alpha value is -3.50. The van der Waals surface area contributed by atoms with Gasteiger partial charge < -0.3 is 4.74 Å². The number of amides is 2. The molecule has 2 aromatic carbocycles. The molecule has 2 aliphatic rings. The van der Waals surface area contributed by atoms with Crippen molar-refractivity contribution in [3.05, 3.63) is 65.7 Å². The Balaban J connectivity index is 1.46. The smallest absolute Gasteiger partial charge is 0.338 e. The molecule has 0 saturated carbocycles. The van der Waals surface area contributed by atoms with Gasteiger partial charge in [-0.1, -0.05) is 30.3 Å². The monoisotopic (exact) mass is 431 g/mol. The van der Waals surface area contributed by atoms with Crippen molar-refractivity contribution in [2.24, 2.45) is 0 Å². The maximum atomic E-state index is 13.1. The molecular formula is C25H25N3O4. The van der Waals surface area contributed by atoms with E-state index in [4.69, 9.17) is 4.74 Å². The van der Waals surface area contributed by atoms with Gasteiger partial charge in [-0.05, 0) is 49.6 Å². The second kappa shape index (κ2) is 8.93. The number of hydrogen-bond donors (Lipinski definition) is 0. The molecule has 2 heterocycles. The van der Waals surface area contributed by atoms with Gasteiger partial charge in [0.15, 0.2) is 0 Å². The Morgan fingerprint density at radius 1 is 1.09 bits per heavy atom. The third-order valence-corrected chi connectivity index (χ3v) is 6.39. The van der Waals surface area contributed by atoms with Crippen LogP contribution in [0.4, 0.5) is 5.69 Å². The number of benzene rings is 2. The van der Waals surface area contributed by atoms with Gasteiger partial charge in [0.25, 0.3) is 5.91 Å². The first-order valence-electron chi connectivity index (χ1n) is 10.8. The molecule has 0 N–H and O–H groups in total. The molecule has 0 bridgehead atoms. The number of imide groups is 1. The molecule has 7 heteroatoms. The number of anilines is 1. The average Bonchev–Trinajstić information content (AvgIpc) is 3.13. The number of esters is 1. The second-order valence-electron chi connectivity index (χ2n) is 8.15. The molecule has 2 aliphatic heterocycles. The fourth-order valence-corrected chi connectivity index (χ4v) is 4.57. The predicted molar refractivity (Wildman–Crippen MR) is 118 cm³/mol. The molecular weight excluding hydrogens is 406 g/mol. The molecule has 32 heavy (non-hydrogen) atoms. The minimum absolute atomic E-state index is 0.114. The lowest BCUT2D eigenvalue weighted by Crippen LogP contribution is -2.49. The van der Waals surface area contributed by atoms with Crippen molar-refractivity contribution < 1.29 is 19.1 Å². The largest absolute Gasteiger partial charge is 0.462 e. The van der Waals surface area contributed by atoms with Gasteiger partial charge in [0.2, 0.25) is 5.91 Å². The number of hydrogen-bond acceptors (Lipinski definition) is 6. The van der Waals surface area contributed by atoms with E-state index in [1.165, 1.54) is 4.90 Å². The van der Waals surface area contributed by atoms with E-state index in [2.05, 4.69) is 6.07 Å². The summed E-state index contributed by atoms with van der Waals surface area (Å²) in [6, 6.07) is 18.0. The lowest BCUT2D eigenvalue weighted by Gasteiger charge is -2.39. The summed E-state index contributed by atoms with van der Waals surface area (Å²) < 4.78 is 4.97. The molecule has 0 radical (unpaired) electrons. The molecule has 7 nitrogen and oxygen atoms in total. The summed E-state index contributed by atoms with van der Waals surface area (Å²) in [4.78, 5) is 40.9. The number of rotatable bonds is 5. The SMILES string of the molecule is CCOC(=O)c1ccc(N2C(=O)C[C@@H](N3CCC(C#N)(c4ccccc4)CC3)C2=O)cc1. The van der Waals surface area contributed by atoms with Crippen LogP contribution < -0.4 is 4.90 Å². The number of ether oxygens (including phenoxy) is 1. The average molecular weight is 431 g/mol. The zero-order valence-electron chi connectivity index (χ0n) is 18.0. The van der Waals surface area contributed by atoms with Crippen molar-refractivity contribution in [1.82, 2.24) is 4.90 Å². The fraction of sp³-hybridized carbons (Fsp3) is 0.360. The van der Waals surface area contributed by atoms with Crippen LogP contribution in [0.25, 0.3) is 0 Å². The van der Waals surface area contributed by atoms with Gasteiger partial charge in [0.05, 0.1) is 41.8 Å². The predicted octanol–water partition coefficient (Wildman–Crippen LogP) is 3.05.